The van der Waals surface area contributed by atoms with Crippen LogP contribution < -0.4 is 16.4 Å². The second kappa shape index (κ2) is 8.16. The van der Waals surface area contributed by atoms with Gasteiger partial charge in [-0.25, -0.2) is 0 Å². The maximum atomic E-state index is 10.5. The molecule has 0 aliphatic rings. The quantitative estimate of drug-likeness (QED) is 0.493. The van der Waals surface area contributed by atoms with E-state index in [0.29, 0.717) is 19.5 Å². The van der Waals surface area contributed by atoms with Crippen LogP contribution in [-0.4, -0.2) is 36.6 Å². The van der Waals surface area contributed by atoms with E-state index in [9.17, 15) is 9.59 Å². The average molecular weight is 279 g/mol. The molecule has 0 saturated heterocycles. The Morgan fingerprint density at radius 3 is 2.65 bits per heavy atom. The number of carboxylic acids is 1. The van der Waals surface area contributed by atoms with Crippen molar-refractivity contribution in [1.82, 2.24) is 5.32 Å². The van der Waals surface area contributed by atoms with Crippen molar-refractivity contribution in [2.24, 2.45) is 5.73 Å². The van der Waals surface area contributed by atoms with E-state index >= 15 is 0 Å². The first-order valence-electron chi connectivity index (χ1n) is 6.53. The molecule has 6 nitrogen and oxygen atoms in total. The molecule has 1 aromatic rings. The normalized spacial score (nSPS) is 10.2. The van der Waals surface area contributed by atoms with Gasteiger partial charge in [0, 0.05) is 25.2 Å². The highest BCUT2D eigenvalue weighted by Crippen LogP contribution is 2.17. The van der Waals surface area contributed by atoms with Crippen LogP contribution in [0, 0.1) is 6.92 Å². The lowest BCUT2D eigenvalue weighted by Crippen LogP contribution is -2.31. The third kappa shape index (κ3) is 6.19. The van der Waals surface area contributed by atoms with Crippen LogP contribution in [0.25, 0.3) is 0 Å². The number of aryl methyl sites for hydroxylation is 2. The Labute approximate surface area is 118 Å². The number of hydrogen-bond donors (Lipinski definition) is 4. The molecule has 1 aromatic carbocycles. The lowest BCUT2D eigenvalue weighted by Gasteiger charge is -2.11. The Bertz CT molecular complexity index is 475. The van der Waals surface area contributed by atoms with Gasteiger partial charge >= 0.3 is 5.97 Å². The number of amides is 1. The van der Waals surface area contributed by atoms with Crippen LogP contribution in [0.2, 0.25) is 0 Å². The molecule has 0 aromatic heterocycles. The fourth-order valence-electron chi connectivity index (χ4n) is 1.83. The molecular weight excluding hydrogens is 258 g/mol. The van der Waals surface area contributed by atoms with Gasteiger partial charge in [-0.05, 0) is 30.5 Å². The van der Waals surface area contributed by atoms with E-state index in [-0.39, 0.29) is 18.9 Å². The minimum atomic E-state index is -0.787. The summed E-state index contributed by atoms with van der Waals surface area (Å²) < 4.78 is 0. The number of rotatable bonds is 9. The van der Waals surface area contributed by atoms with Gasteiger partial charge in [0.25, 0.3) is 0 Å². The van der Waals surface area contributed by atoms with Gasteiger partial charge in [-0.1, -0.05) is 12.1 Å². The molecule has 0 unspecified atom stereocenters. The van der Waals surface area contributed by atoms with Crippen molar-refractivity contribution < 1.29 is 14.7 Å². The second-order valence-electron chi connectivity index (χ2n) is 4.61. The number of hydrogen-bond acceptors (Lipinski definition) is 4. The fraction of sp³-hybridized carbons (Fsp3) is 0.429. The summed E-state index contributed by atoms with van der Waals surface area (Å²) in [5, 5.41) is 14.8. The summed E-state index contributed by atoms with van der Waals surface area (Å²) in [5.41, 5.74) is 8.11. The molecule has 5 N–H and O–H groups in total. The number of carbonyl (C=O) groups excluding carboxylic acids is 1. The number of nitrogens with one attached hydrogen (secondary N) is 2. The molecule has 0 aliphatic heterocycles. The highest BCUT2D eigenvalue weighted by Gasteiger charge is 2.02. The Morgan fingerprint density at radius 1 is 1.30 bits per heavy atom. The molecule has 0 spiro atoms. The van der Waals surface area contributed by atoms with Gasteiger partial charge in [-0.15, -0.1) is 0 Å². The van der Waals surface area contributed by atoms with Gasteiger partial charge in [0.1, 0.15) is 0 Å². The van der Waals surface area contributed by atoms with E-state index in [4.69, 9.17) is 10.8 Å². The number of carbonyl (C=O) groups is 2. The van der Waals surface area contributed by atoms with E-state index in [1.54, 1.807) is 0 Å². The lowest BCUT2D eigenvalue weighted by molar-refractivity contribution is -0.137. The molecule has 1 rings (SSSR count). The zero-order valence-corrected chi connectivity index (χ0v) is 11.6. The average Bonchev–Trinajstić information content (AvgIpc) is 2.37. The molecule has 0 saturated carbocycles. The Kier molecular flexibility index (Phi) is 6.52. The molecule has 20 heavy (non-hydrogen) atoms. The minimum Gasteiger partial charge on any atom is -0.481 e. The first-order valence-corrected chi connectivity index (χ1v) is 6.53. The predicted octanol–water partition coefficient (Wildman–Crippen LogP) is 0.499. The SMILES string of the molecule is Cc1cc(CCC(=O)O)ccc1NCCNCC(N)=O. The molecule has 0 atom stereocenters. The predicted molar refractivity (Wildman–Crippen MR) is 77.7 cm³/mol. The first kappa shape index (κ1) is 16.0. The number of benzene rings is 1. The van der Waals surface area contributed by atoms with E-state index in [2.05, 4.69) is 10.6 Å². The van der Waals surface area contributed by atoms with Crippen molar-refractivity contribution in [2.45, 2.75) is 19.8 Å². The van der Waals surface area contributed by atoms with E-state index in [0.717, 1.165) is 16.8 Å². The van der Waals surface area contributed by atoms with Crippen LogP contribution in [0.3, 0.4) is 0 Å². The van der Waals surface area contributed by atoms with Gasteiger partial charge in [0.2, 0.25) is 5.91 Å². The minimum absolute atomic E-state index is 0.142. The van der Waals surface area contributed by atoms with Gasteiger partial charge in [0.15, 0.2) is 0 Å². The van der Waals surface area contributed by atoms with E-state index in [1.807, 2.05) is 25.1 Å². The molecule has 1 amide bonds. The lowest BCUT2D eigenvalue weighted by atomic mass is 10.1. The van der Waals surface area contributed by atoms with Gasteiger partial charge < -0.3 is 21.5 Å². The van der Waals surface area contributed by atoms with Crippen LogP contribution in [0.15, 0.2) is 18.2 Å². The third-order valence-electron chi connectivity index (χ3n) is 2.83. The van der Waals surface area contributed by atoms with Crippen molar-refractivity contribution in [2.75, 3.05) is 25.0 Å². The standard InChI is InChI=1S/C14H21N3O3/c1-10-8-11(3-5-14(19)20)2-4-12(10)17-7-6-16-9-13(15)18/h2,4,8,16-17H,3,5-7,9H2,1H3,(H2,15,18)(H,19,20). The van der Waals surface area contributed by atoms with Crippen molar-refractivity contribution in [3.8, 4) is 0 Å². The van der Waals surface area contributed by atoms with Gasteiger partial charge in [-0.3, -0.25) is 9.59 Å². The molecule has 0 radical (unpaired) electrons. The van der Waals surface area contributed by atoms with Crippen LogP contribution in [0.5, 0.6) is 0 Å². The molecular formula is C14H21N3O3. The van der Waals surface area contributed by atoms with Crippen LogP contribution >= 0.6 is 0 Å². The summed E-state index contributed by atoms with van der Waals surface area (Å²) in [7, 11) is 0. The Hall–Kier alpha value is -2.08. The van der Waals surface area contributed by atoms with Gasteiger partial charge in [0.05, 0.1) is 6.54 Å². The van der Waals surface area contributed by atoms with Crippen LogP contribution in [0.1, 0.15) is 17.5 Å². The first-order chi connectivity index (χ1) is 9.49. The summed E-state index contributed by atoms with van der Waals surface area (Å²) in [6, 6.07) is 5.86. The molecule has 0 fully saturated rings. The van der Waals surface area contributed by atoms with Crippen LogP contribution in [0.4, 0.5) is 5.69 Å². The fourth-order valence-corrected chi connectivity index (χ4v) is 1.83. The largest absolute Gasteiger partial charge is 0.481 e. The maximum absolute atomic E-state index is 10.5. The van der Waals surface area contributed by atoms with E-state index < -0.39 is 5.97 Å². The number of nitrogens with two attached hydrogens (primary N) is 1. The molecule has 0 aliphatic carbocycles. The second-order valence-corrected chi connectivity index (χ2v) is 4.61. The van der Waals surface area contributed by atoms with Crippen molar-refractivity contribution in [3.05, 3.63) is 29.3 Å². The summed E-state index contributed by atoms with van der Waals surface area (Å²) in [4.78, 5) is 21.1. The molecule has 6 heteroatoms. The summed E-state index contributed by atoms with van der Waals surface area (Å²) in [6.45, 7) is 3.48. The number of aliphatic carboxylic acids is 1. The highest BCUT2D eigenvalue weighted by molar-refractivity contribution is 5.75. The third-order valence-corrected chi connectivity index (χ3v) is 2.83. The number of anilines is 1. The van der Waals surface area contributed by atoms with Crippen molar-refractivity contribution >= 4 is 17.6 Å². The summed E-state index contributed by atoms with van der Waals surface area (Å²) in [5.74, 6) is -1.16. The topological polar surface area (TPSA) is 104 Å². The van der Waals surface area contributed by atoms with Gasteiger partial charge in [-0.2, -0.15) is 0 Å². The number of primary amides is 1. The van der Waals surface area contributed by atoms with E-state index in [1.165, 1.54) is 0 Å². The van der Waals surface area contributed by atoms with Crippen molar-refractivity contribution in [1.29, 1.82) is 0 Å². The molecule has 0 heterocycles. The Balaban J connectivity index is 2.39. The molecule has 0 bridgehead atoms. The maximum Gasteiger partial charge on any atom is 0.303 e. The van der Waals surface area contributed by atoms with Crippen LogP contribution in [-0.2, 0) is 16.0 Å². The van der Waals surface area contributed by atoms with Crippen molar-refractivity contribution in [3.63, 3.8) is 0 Å². The summed E-state index contributed by atoms with van der Waals surface area (Å²) >= 11 is 0. The Morgan fingerprint density at radius 2 is 2.05 bits per heavy atom. The monoisotopic (exact) mass is 279 g/mol. The summed E-state index contributed by atoms with van der Waals surface area (Å²) in [6.07, 6.45) is 0.680. The smallest absolute Gasteiger partial charge is 0.303 e. The highest BCUT2D eigenvalue weighted by atomic mass is 16.4. The molecule has 110 valence electrons. The zero-order chi connectivity index (χ0) is 15.0. The zero-order valence-electron chi connectivity index (χ0n) is 11.6. The number of carboxylic acid groups (broad SMARTS) is 1.